The van der Waals surface area contributed by atoms with E-state index in [4.69, 9.17) is 4.74 Å². The summed E-state index contributed by atoms with van der Waals surface area (Å²) in [5, 5.41) is 0. The van der Waals surface area contributed by atoms with Gasteiger partial charge in [-0.15, -0.1) is 0 Å². The van der Waals surface area contributed by atoms with Crippen molar-refractivity contribution in [3.05, 3.63) is 17.8 Å². The van der Waals surface area contributed by atoms with Crippen LogP contribution in [0.25, 0.3) is 0 Å². The average molecular weight is 219 g/mol. The summed E-state index contributed by atoms with van der Waals surface area (Å²) in [5.74, 6) is -3.04. The lowest BCUT2D eigenvalue weighted by Crippen LogP contribution is -2.37. The van der Waals surface area contributed by atoms with Crippen LogP contribution >= 0.6 is 0 Å². The first-order chi connectivity index (χ1) is 7.18. The molecule has 15 heavy (non-hydrogen) atoms. The number of hydrogen-bond acceptors (Lipinski definition) is 4. The summed E-state index contributed by atoms with van der Waals surface area (Å²) in [6, 6.07) is 0. The molecule has 7 heteroatoms. The van der Waals surface area contributed by atoms with Crippen LogP contribution in [0.3, 0.4) is 0 Å². The molecule has 0 atom stereocenters. The fourth-order valence-electron chi connectivity index (χ4n) is 1.37. The van der Waals surface area contributed by atoms with E-state index < -0.39 is 17.8 Å². The van der Waals surface area contributed by atoms with Gasteiger partial charge in [0.15, 0.2) is 5.82 Å². The Morgan fingerprint density at radius 1 is 1.07 bits per heavy atom. The van der Waals surface area contributed by atoms with Gasteiger partial charge in [0, 0.05) is 13.1 Å². The van der Waals surface area contributed by atoms with Crippen molar-refractivity contribution >= 4 is 5.82 Å². The Kier molecular flexibility index (Phi) is 2.72. The van der Waals surface area contributed by atoms with Gasteiger partial charge in [-0.1, -0.05) is 0 Å². The third kappa shape index (κ3) is 2.01. The van der Waals surface area contributed by atoms with Crippen LogP contribution in [-0.4, -0.2) is 36.3 Å². The van der Waals surface area contributed by atoms with E-state index in [0.717, 1.165) is 0 Å². The highest BCUT2D eigenvalue weighted by Gasteiger charge is 2.21. The molecule has 1 saturated heterocycles. The summed E-state index contributed by atoms with van der Waals surface area (Å²) in [7, 11) is 0. The molecule has 1 fully saturated rings. The third-order valence-corrected chi connectivity index (χ3v) is 2.08. The number of aromatic nitrogens is 2. The molecule has 1 aromatic rings. The van der Waals surface area contributed by atoms with Crippen LogP contribution in [0.2, 0.25) is 0 Å². The van der Waals surface area contributed by atoms with Crippen LogP contribution in [0.4, 0.5) is 19.0 Å². The van der Waals surface area contributed by atoms with Gasteiger partial charge >= 0.3 is 6.08 Å². The van der Waals surface area contributed by atoms with Crippen LogP contribution in [0.15, 0.2) is 0 Å². The Bertz CT molecular complexity index is 368. The molecule has 0 radical (unpaired) electrons. The predicted molar refractivity (Wildman–Crippen MR) is 44.9 cm³/mol. The second kappa shape index (κ2) is 4.01. The maximum Gasteiger partial charge on any atom is 0.313 e. The Hall–Kier alpha value is -1.37. The Morgan fingerprint density at radius 2 is 1.73 bits per heavy atom. The molecule has 0 saturated carbocycles. The lowest BCUT2D eigenvalue weighted by molar-refractivity contribution is 0.121. The summed E-state index contributed by atoms with van der Waals surface area (Å²) in [6.45, 7) is 1.47. The average Bonchev–Trinajstić information content (AvgIpc) is 2.24. The van der Waals surface area contributed by atoms with E-state index >= 15 is 0 Å². The van der Waals surface area contributed by atoms with Crippen molar-refractivity contribution in [2.75, 3.05) is 31.2 Å². The molecule has 0 bridgehead atoms. The number of hydrogen-bond donors (Lipinski definition) is 0. The molecule has 82 valence electrons. The highest BCUT2D eigenvalue weighted by molar-refractivity contribution is 5.39. The van der Waals surface area contributed by atoms with Crippen molar-refractivity contribution in [2.45, 2.75) is 0 Å². The molecule has 2 rings (SSSR count). The van der Waals surface area contributed by atoms with Gasteiger partial charge in [-0.05, 0) is 0 Å². The van der Waals surface area contributed by atoms with Gasteiger partial charge in [-0.2, -0.15) is 23.1 Å². The van der Waals surface area contributed by atoms with E-state index in [9.17, 15) is 13.2 Å². The first-order valence-electron chi connectivity index (χ1n) is 4.39. The number of anilines is 1. The number of ether oxygens (including phenoxy) is 1. The van der Waals surface area contributed by atoms with E-state index in [1.54, 1.807) is 0 Å². The highest BCUT2D eigenvalue weighted by Crippen LogP contribution is 2.18. The van der Waals surface area contributed by atoms with E-state index in [1.807, 2.05) is 0 Å². The SMILES string of the molecule is Fc1nc(F)c(F)c(N2CCOCC2)n1. The van der Waals surface area contributed by atoms with Gasteiger partial charge < -0.3 is 9.64 Å². The minimum atomic E-state index is -1.47. The van der Waals surface area contributed by atoms with Gasteiger partial charge in [-0.25, -0.2) is 0 Å². The molecule has 2 heterocycles. The lowest BCUT2D eigenvalue weighted by atomic mass is 10.4. The van der Waals surface area contributed by atoms with Crippen LogP contribution in [-0.2, 0) is 4.74 Å². The normalized spacial score (nSPS) is 16.9. The standard InChI is InChI=1S/C8H8F3N3O/c9-5-6(10)12-8(11)13-7(5)14-1-3-15-4-2-14/h1-4H2. The van der Waals surface area contributed by atoms with Crippen LogP contribution in [0.1, 0.15) is 0 Å². The largest absolute Gasteiger partial charge is 0.378 e. The van der Waals surface area contributed by atoms with Crippen molar-refractivity contribution in [3.8, 4) is 0 Å². The van der Waals surface area contributed by atoms with Crippen molar-refractivity contribution < 1.29 is 17.9 Å². The first-order valence-corrected chi connectivity index (χ1v) is 4.39. The molecule has 0 aliphatic carbocycles. The topological polar surface area (TPSA) is 38.2 Å². The Balaban J connectivity index is 2.33. The van der Waals surface area contributed by atoms with Crippen molar-refractivity contribution in [1.82, 2.24) is 9.97 Å². The lowest BCUT2D eigenvalue weighted by Gasteiger charge is -2.27. The van der Waals surface area contributed by atoms with Crippen molar-refractivity contribution in [2.24, 2.45) is 0 Å². The number of morpholine rings is 1. The maximum atomic E-state index is 13.2. The molecule has 0 unspecified atom stereocenters. The number of rotatable bonds is 1. The summed E-state index contributed by atoms with van der Waals surface area (Å²) in [6.07, 6.45) is -1.27. The second-order valence-electron chi connectivity index (χ2n) is 3.02. The third-order valence-electron chi connectivity index (χ3n) is 2.08. The van der Waals surface area contributed by atoms with Gasteiger partial charge in [0.1, 0.15) is 0 Å². The van der Waals surface area contributed by atoms with E-state index in [2.05, 4.69) is 9.97 Å². The van der Waals surface area contributed by atoms with E-state index in [-0.39, 0.29) is 5.82 Å². The molecule has 1 aliphatic heterocycles. The smallest absolute Gasteiger partial charge is 0.313 e. The minimum absolute atomic E-state index is 0.344. The molecule has 0 amide bonds. The quantitative estimate of drug-likeness (QED) is 0.515. The van der Waals surface area contributed by atoms with Crippen LogP contribution < -0.4 is 4.90 Å². The Labute approximate surface area is 83.7 Å². The summed E-state index contributed by atoms with van der Waals surface area (Å²) in [5.41, 5.74) is 0. The van der Waals surface area contributed by atoms with Gasteiger partial charge in [0.05, 0.1) is 13.2 Å². The van der Waals surface area contributed by atoms with Gasteiger partial charge in [-0.3, -0.25) is 0 Å². The zero-order chi connectivity index (χ0) is 10.8. The molecule has 0 aromatic carbocycles. The predicted octanol–water partition coefficient (Wildman–Crippen LogP) is 0.731. The fraction of sp³-hybridized carbons (Fsp3) is 0.500. The Morgan fingerprint density at radius 3 is 2.40 bits per heavy atom. The maximum absolute atomic E-state index is 13.2. The molecule has 1 aliphatic rings. The molecular weight excluding hydrogens is 211 g/mol. The molecule has 0 spiro atoms. The summed E-state index contributed by atoms with van der Waals surface area (Å²) >= 11 is 0. The number of nitrogens with zero attached hydrogens (tertiary/aromatic N) is 3. The van der Waals surface area contributed by atoms with Crippen molar-refractivity contribution in [3.63, 3.8) is 0 Å². The zero-order valence-corrected chi connectivity index (χ0v) is 7.71. The van der Waals surface area contributed by atoms with E-state index in [0.29, 0.717) is 26.3 Å². The molecular formula is C8H8F3N3O. The molecule has 0 N–H and O–H groups in total. The highest BCUT2D eigenvalue weighted by atomic mass is 19.2. The summed E-state index contributed by atoms with van der Waals surface area (Å²) in [4.78, 5) is 7.31. The monoisotopic (exact) mass is 219 g/mol. The number of halogens is 3. The zero-order valence-electron chi connectivity index (χ0n) is 7.71. The second-order valence-corrected chi connectivity index (χ2v) is 3.02. The van der Waals surface area contributed by atoms with Gasteiger partial charge in [0.2, 0.25) is 5.82 Å². The van der Waals surface area contributed by atoms with Crippen LogP contribution in [0.5, 0.6) is 0 Å². The first kappa shape index (κ1) is 10.2. The summed E-state index contributed by atoms with van der Waals surface area (Å²) < 4.78 is 43.7. The fourth-order valence-corrected chi connectivity index (χ4v) is 1.37. The minimum Gasteiger partial charge on any atom is -0.378 e. The molecule has 4 nitrogen and oxygen atoms in total. The van der Waals surface area contributed by atoms with Crippen molar-refractivity contribution in [1.29, 1.82) is 0 Å². The van der Waals surface area contributed by atoms with E-state index in [1.165, 1.54) is 4.90 Å². The molecule has 1 aromatic heterocycles. The van der Waals surface area contributed by atoms with Crippen LogP contribution in [0, 0.1) is 17.8 Å². The van der Waals surface area contributed by atoms with Gasteiger partial charge in [0.25, 0.3) is 5.95 Å².